The Hall–Kier alpha value is -3.28. The number of H-pyrrole nitrogens is 1. The highest BCUT2D eigenvalue weighted by molar-refractivity contribution is 5.86. The molecule has 2 heterocycles. The molecular weight excluding hydrogens is 316 g/mol. The number of hydrogen-bond acceptors (Lipinski definition) is 4. The molecule has 6 heteroatoms. The van der Waals surface area contributed by atoms with Gasteiger partial charge >= 0.3 is 0 Å². The maximum Gasteiger partial charge on any atom is 0.144 e. The molecule has 0 bridgehead atoms. The van der Waals surface area contributed by atoms with E-state index in [0.717, 1.165) is 28.0 Å². The smallest absolute Gasteiger partial charge is 0.144 e. The summed E-state index contributed by atoms with van der Waals surface area (Å²) in [4.78, 5) is 4.70. The Morgan fingerprint density at radius 3 is 2.64 bits per heavy atom. The number of phenols is 2. The van der Waals surface area contributed by atoms with Crippen LogP contribution in [0.2, 0.25) is 0 Å². The topological polar surface area (TPSA) is 87.0 Å². The molecule has 4 rings (SSSR count). The number of aryl methyl sites for hydroxylation is 2. The van der Waals surface area contributed by atoms with Gasteiger partial charge in [-0.2, -0.15) is 5.10 Å². The molecule has 6 nitrogen and oxygen atoms in total. The first kappa shape index (κ1) is 15.3. The van der Waals surface area contributed by atoms with E-state index in [0.29, 0.717) is 17.7 Å². The van der Waals surface area contributed by atoms with Gasteiger partial charge in [0.05, 0.1) is 16.6 Å². The van der Waals surface area contributed by atoms with Crippen molar-refractivity contribution in [1.29, 1.82) is 0 Å². The summed E-state index contributed by atoms with van der Waals surface area (Å²) in [6, 6.07) is 11.0. The summed E-state index contributed by atoms with van der Waals surface area (Å²) < 4.78 is 2.00. The first-order chi connectivity index (χ1) is 12.1. The van der Waals surface area contributed by atoms with E-state index in [1.165, 1.54) is 6.07 Å². The van der Waals surface area contributed by atoms with Crippen LogP contribution in [-0.2, 0) is 13.5 Å². The SMILES string of the molecule is CCc1cc(-c2n[nH]cc2-c2nc3ccccc3n2C)c(O)cc1O. The Balaban J connectivity index is 1.93. The predicted octanol–water partition coefficient (Wildman–Crippen LogP) is 3.60. The van der Waals surface area contributed by atoms with Crippen LogP contribution < -0.4 is 0 Å². The van der Waals surface area contributed by atoms with Gasteiger partial charge in [0.1, 0.15) is 23.0 Å². The second-order valence-corrected chi connectivity index (χ2v) is 5.98. The van der Waals surface area contributed by atoms with E-state index in [-0.39, 0.29) is 11.5 Å². The van der Waals surface area contributed by atoms with Crippen LogP contribution in [0.3, 0.4) is 0 Å². The lowest BCUT2D eigenvalue weighted by molar-refractivity contribution is 0.447. The second-order valence-electron chi connectivity index (χ2n) is 5.98. The zero-order valence-electron chi connectivity index (χ0n) is 14.0. The van der Waals surface area contributed by atoms with Gasteiger partial charge in [-0.3, -0.25) is 5.10 Å². The minimum absolute atomic E-state index is 0.0122. The lowest BCUT2D eigenvalue weighted by atomic mass is 10.0. The van der Waals surface area contributed by atoms with Gasteiger partial charge < -0.3 is 14.8 Å². The number of nitrogens with zero attached hydrogens (tertiary/aromatic N) is 3. The highest BCUT2D eigenvalue weighted by atomic mass is 16.3. The molecule has 2 aromatic carbocycles. The van der Waals surface area contributed by atoms with Gasteiger partial charge in [-0.15, -0.1) is 0 Å². The van der Waals surface area contributed by atoms with Gasteiger partial charge in [-0.05, 0) is 30.2 Å². The van der Waals surface area contributed by atoms with Gasteiger partial charge in [-0.25, -0.2) is 4.98 Å². The average molecular weight is 334 g/mol. The third-order valence-corrected chi connectivity index (χ3v) is 4.50. The molecule has 2 aromatic heterocycles. The van der Waals surface area contributed by atoms with E-state index in [2.05, 4.69) is 10.2 Å². The number of phenolic OH excluding ortho intramolecular Hbond substituents is 2. The van der Waals surface area contributed by atoms with Crippen LogP contribution in [-0.4, -0.2) is 30.0 Å². The van der Waals surface area contributed by atoms with Gasteiger partial charge in [0.25, 0.3) is 0 Å². The van der Waals surface area contributed by atoms with Crippen LogP contribution in [0, 0.1) is 0 Å². The molecule has 0 aliphatic heterocycles. The van der Waals surface area contributed by atoms with E-state index >= 15 is 0 Å². The number of aromatic amines is 1. The Labute approximate surface area is 144 Å². The average Bonchev–Trinajstić information content (AvgIpc) is 3.20. The van der Waals surface area contributed by atoms with E-state index in [4.69, 9.17) is 4.98 Å². The minimum atomic E-state index is -0.0122. The fraction of sp³-hybridized carbons (Fsp3) is 0.158. The number of aromatic nitrogens is 4. The molecule has 0 aliphatic carbocycles. The van der Waals surface area contributed by atoms with Crippen molar-refractivity contribution in [3.8, 4) is 34.1 Å². The zero-order chi connectivity index (χ0) is 17.6. The van der Waals surface area contributed by atoms with Crippen molar-refractivity contribution >= 4 is 11.0 Å². The number of hydrogen-bond donors (Lipinski definition) is 3. The molecule has 0 saturated heterocycles. The van der Waals surface area contributed by atoms with Crippen LogP contribution in [0.25, 0.3) is 33.7 Å². The molecular formula is C19H18N4O2. The number of para-hydroxylation sites is 2. The number of imidazole rings is 1. The van der Waals surface area contributed by atoms with Crippen LogP contribution in [0.1, 0.15) is 12.5 Å². The monoisotopic (exact) mass is 334 g/mol. The van der Waals surface area contributed by atoms with Crippen molar-refractivity contribution in [3.63, 3.8) is 0 Å². The maximum atomic E-state index is 10.3. The number of benzene rings is 2. The summed E-state index contributed by atoms with van der Waals surface area (Å²) in [7, 11) is 1.95. The first-order valence-corrected chi connectivity index (χ1v) is 8.11. The molecule has 0 spiro atoms. The molecule has 126 valence electrons. The summed E-state index contributed by atoms with van der Waals surface area (Å²) in [6.45, 7) is 1.95. The fourth-order valence-corrected chi connectivity index (χ4v) is 3.15. The molecule has 3 N–H and O–H groups in total. The summed E-state index contributed by atoms with van der Waals surface area (Å²) in [5, 5.41) is 27.4. The highest BCUT2D eigenvalue weighted by Crippen LogP contribution is 2.39. The highest BCUT2D eigenvalue weighted by Gasteiger charge is 2.20. The third kappa shape index (κ3) is 2.34. The predicted molar refractivity (Wildman–Crippen MR) is 96.4 cm³/mol. The van der Waals surface area contributed by atoms with Crippen LogP contribution >= 0.6 is 0 Å². The van der Waals surface area contributed by atoms with Crippen molar-refractivity contribution in [2.75, 3.05) is 0 Å². The van der Waals surface area contributed by atoms with Crippen LogP contribution in [0.5, 0.6) is 11.5 Å². The summed E-state index contributed by atoms with van der Waals surface area (Å²) in [5.41, 5.74) is 4.64. The fourth-order valence-electron chi connectivity index (χ4n) is 3.15. The molecule has 0 atom stereocenters. The lowest BCUT2D eigenvalue weighted by Crippen LogP contribution is -1.94. The molecule has 0 saturated carbocycles. The van der Waals surface area contributed by atoms with E-state index in [1.54, 1.807) is 12.3 Å². The third-order valence-electron chi connectivity index (χ3n) is 4.50. The van der Waals surface area contributed by atoms with Crippen LogP contribution in [0.4, 0.5) is 0 Å². The summed E-state index contributed by atoms with van der Waals surface area (Å²) in [6.07, 6.45) is 2.43. The normalized spacial score (nSPS) is 11.3. The van der Waals surface area contributed by atoms with E-state index in [1.807, 2.05) is 42.8 Å². The van der Waals surface area contributed by atoms with E-state index < -0.39 is 0 Å². The van der Waals surface area contributed by atoms with Gasteiger partial charge in [-0.1, -0.05) is 19.1 Å². The molecule has 0 aliphatic rings. The Morgan fingerprint density at radius 1 is 1.08 bits per heavy atom. The summed E-state index contributed by atoms with van der Waals surface area (Å²) >= 11 is 0. The Morgan fingerprint density at radius 2 is 1.88 bits per heavy atom. The second kappa shape index (κ2) is 5.66. The number of fused-ring (bicyclic) bond motifs is 1. The quantitative estimate of drug-likeness (QED) is 0.534. The largest absolute Gasteiger partial charge is 0.508 e. The van der Waals surface area contributed by atoms with Crippen molar-refractivity contribution in [2.24, 2.45) is 7.05 Å². The Bertz CT molecular complexity index is 1080. The molecule has 25 heavy (non-hydrogen) atoms. The van der Waals surface area contributed by atoms with Crippen LogP contribution in [0.15, 0.2) is 42.6 Å². The van der Waals surface area contributed by atoms with Crippen molar-refractivity contribution in [2.45, 2.75) is 13.3 Å². The van der Waals surface area contributed by atoms with E-state index in [9.17, 15) is 10.2 Å². The first-order valence-electron chi connectivity index (χ1n) is 8.11. The minimum Gasteiger partial charge on any atom is -0.508 e. The van der Waals surface area contributed by atoms with Crippen molar-refractivity contribution < 1.29 is 10.2 Å². The molecule has 0 amide bonds. The molecule has 4 aromatic rings. The number of rotatable bonds is 3. The molecule has 0 fully saturated rings. The van der Waals surface area contributed by atoms with Gasteiger partial charge in [0, 0.05) is 24.9 Å². The van der Waals surface area contributed by atoms with Gasteiger partial charge in [0.15, 0.2) is 0 Å². The molecule has 0 radical (unpaired) electrons. The van der Waals surface area contributed by atoms with Crippen molar-refractivity contribution in [3.05, 3.63) is 48.2 Å². The standard InChI is InChI=1S/C19H18N4O2/c1-3-11-8-12(17(25)9-16(11)24)18-13(10-20-22-18)19-21-14-6-4-5-7-15(14)23(19)2/h4-10,24-25H,3H2,1-2H3,(H,20,22). The zero-order valence-corrected chi connectivity index (χ0v) is 14.0. The molecule has 0 unspecified atom stereocenters. The number of aromatic hydroxyl groups is 2. The van der Waals surface area contributed by atoms with Crippen molar-refractivity contribution in [1.82, 2.24) is 19.7 Å². The lowest BCUT2D eigenvalue weighted by Gasteiger charge is -2.09. The summed E-state index contributed by atoms with van der Waals surface area (Å²) in [5.74, 6) is 0.834. The number of nitrogens with one attached hydrogen (secondary N) is 1. The Kier molecular flexibility index (Phi) is 3.46. The maximum absolute atomic E-state index is 10.3. The van der Waals surface area contributed by atoms with Gasteiger partial charge in [0.2, 0.25) is 0 Å².